The molecule has 3 amide bonds. The lowest BCUT2D eigenvalue weighted by Gasteiger charge is -2.62. The number of alkyl carbamates (subject to hydrolysis) is 1. The topological polar surface area (TPSA) is 237 Å². The minimum absolute atomic E-state index is 0.114. The Hall–Kier alpha value is -6.53. The molecular formula is C55H67FN4O13. The van der Waals surface area contributed by atoms with Crippen molar-refractivity contribution in [1.82, 2.24) is 15.2 Å². The average molecular weight is 1010 g/mol. The summed E-state index contributed by atoms with van der Waals surface area (Å²) in [5, 5.41) is 31.4. The Labute approximate surface area is 424 Å². The highest BCUT2D eigenvalue weighted by Crippen LogP contribution is 2.70. The molecule has 3 aromatic rings. The fraction of sp³-hybridized carbons (Fsp3) is 0.527. The second-order valence-electron chi connectivity index (χ2n) is 22.4. The smallest absolute Gasteiger partial charge is 0.411 e. The number of hydrogen-bond acceptors (Lipinski definition) is 14. The van der Waals surface area contributed by atoms with Gasteiger partial charge >= 0.3 is 24.1 Å². The van der Waals surface area contributed by atoms with Crippen molar-refractivity contribution in [3.05, 3.63) is 95.9 Å². The Morgan fingerprint density at radius 1 is 0.904 bits per heavy atom. The number of pyridine rings is 1. The van der Waals surface area contributed by atoms with Crippen molar-refractivity contribution < 1.29 is 67.1 Å². The zero-order valence-electron chi connectivity index (χ0n) is 42.9. The van der Waals surface area contributed by atoms with E-state index in [1.165, 1.54) is 18.2 Å². The van der Waals surface area contributed by atoms with Crippen LogP contribution in [0.15, 0.2) is 84.7 Å². The third-order valence-corrected chi connectivity index (χ3v) is 15.2. The van der Waals surface area contributed by atoms with Crippen LogP contribution in [0.1, 0.15) is 105 Å². The summed E-state index contributed by atoms with van der Waals surface area (Å²) in [7, 11) is 0. The summed E-state index contributed by atoms with van der Waals surface area (Å²) in [6.07, 6.45) is 4.94. The summed E-state index contributed by atoms with van der Waals surface area (Å²) in [5.74, 6) is -6.45. The second kappa shape index (κ2) is 20.4. The Morgan fingerprint density at radius 3 is 2.25 bits per heavy atom. The molecule has 4 aliphatic carbocycles. The first kappa shape index (κ1) is 54.2. The standard InChI is InChI=1S/C55H67FN4O13/c1-32-22-42-41-17-15-37-24-39(61)18-20-52(37,8)54(41,56)43(62)25-53(42,9)55(32,69)44(63)31-71-46(65)29-60(49(68)73-51(5,6)7)28-45(64)70-30-33-10-12-34(13-11-33)40(27-58-48(67)72-50(2,3)4)47(66)59-38-16-14-36-26-57-21-19-35(36)23-38/h10-14,16,18-21,23-24,26,32,40-43,62,69H,15,17,22,25,27-31H2,1-9H3,(H,58,67)(H,59,66)/t32-,40+,41-,42?,43-,52-,53-,54-,55-/m0/s1. The summed E-state index contributed by atoms with van der Waals surface area (Å²) < 4.78 is 39.4. The number of ether oxygens (including phenoxy) is 4. The molecule has 1 unspecified atom stereocenters. The van der Waals surface area contributed by atoms with E-state index in [4.69, 9.17) is 18.9 Å². The molecule has 2 aromatic carbocycles. The van der Waals surface area contributed by atoms with Gasteiger partial charge in [-0.3, -0.25) is 33.9 Å². The zero-order chi connectivity index (χ0) is 53.5. The van der Waals surface area contributed by atoms with E-state index in [0.717, 1.165) is 15.7 Å². The SMILES string of the molecule is C[C@H]1CC2[C@@H]3CCC4=CC(=O)C=C[C@]4(C)[C@@]3(F)[C@@H](O)C[C@]2(C)[C@@]1(O)C(=O)COC(=O)CN(CC(=O)OCc1ccc([C@@H](CNC(=O)OC(C)(C)C)C(=O)Nc2ccc3cnccc3c2)cc1)C(=O)OC(C)(C)C. The fourth-order valence-electron chi connectivity index (χ4n) is 11.6. The van der Waals surface area contributed by atoms with Crippen LogP contribution >= 0.6 is 0 Å². The first-order valence-corrected chi connectivity index (χ1v) is 24.6. The first-order chi connectivity index (χ1) is 34.1. The van der Waals surface area contributed by atoms with Gasteiger partial charge in [-0.2, -0.15) is 0 Å². The number of nitrogens with one attached hydrogen (secondary N) is 2. The quantitative estimate of drug-likeness (QED) is 0.0922. The van der Waals surface area contributed by atoms with Crippen LogP contribution in [0.4, 0.5) is 19.7 Å². The summed E-state index contributed by atoms with van der Waals surface area (Å²) in [6, 6.07) is 13.8. The van der Waals surface area contributed by atoms with Gasteiger partial charge in [0, 0.05) is 46.8 Å². The van der Waals surface area contributed by atoms with Crippen LogP contribution in [-0.2, 0) is 49.5 Å². The zero-order valence-corrected chi connectivity index (χ0v) is 42.9. The van der Waals surface area contributed by atoms with Crippen LogP contribution in [0.25, 0.3) is 10.8 Å². The van der Waals surface area contributed by atoms with Crippen LogP contribution in [0.5, 0.6) is 0 Å². The largest absolute Gasteiger partial charge is 0.459 e. The van der Waals surface area contributed by atoms with Crippen LogP contribution < -0.4 is 10.6 Å². The van der Waals surface area contributed by atoms with Gasteiger partial charge in [0.25, 0.3) is 0 Å². The number of rotatable bonds is 14. The number of aliphatic hydroxyl groups is 2. The number of amides is 3. The number of anilines is 1. The number of alkyl halides is 1. The molecule has 7 rings (SSSR count). The molecule has 0 radical (unpaired) electrons. The van der Waals surface area contributed by atoms with Gasteiger partial charge in [-0.15, -0.1) is 0 Å². The number of benzene rings is 2. The maximum absolute atomic E-state index is 17.7. The van der Waals surface area contributed by atoms with Gasteiger partial charge in [-0.1, -0.05) is 55.8 Å². The number of fused-ring (bicyclic) bond motifs is 6. The van der Waals surface area contributed by atoms with Gasteiger partial charge < -0.3 is 39.8 Å². The first-order valence-electron chi connectivity index (χ1n) is 24.6. The molecule has 9 atom stereocenters. The number of halogens is 1. The van der Waals surface area contributed by atoms with Crippen LogP contribution in [0.2, 0.25) is 0 Å². The molecular weight excluding hydrogens is 944 g/mol. The molecule has 4 N–H and O–H groups in total. The molecule has 73 heavy (non-hydrogen) atoms. The molecule has 0 aliphatic heterocycles. The fourth-order valence-corrected chi connectivity index (χ4v) is 11.6. The van der Waals surface area contributed by atoms with E-state index in [1.54, 1.807) is 105 Å². The number of aliphatic hydroxyl groups excluding tert-OH is 1. The van der Waals surface area contributed by atoms with Crippen LogP contribution in [0, 0.1) is 28.6 Å². The molecule has 17 nitrogen and oxygen atoms in total. The predicted molar refractivity (Wildman–Crippen MR) is 265 cm³/mol. The van der Waals surface area contributed by atoms with Crippen molar-refractivity contribution in [2.75, 3.05) is 31.6 Å². The number of aromatic nitrogens is 1. The summed E-state index contributed by atoms with van der Waals surface area (Å²) in [6.45, 7) is 12.0. The number of nitrogens with zero attached hydrogens (tertiary/aromatic N) is 2. The summed E-state index contributed by atoms with van der Waals surface area (Å²) in [4.78, 5) is 97.8. The van der Waals surface area contributed by atoms with Crippen LogP contribution in [-0.4, -0.2) is 117 Å². The maximum Gasteiger partial charge on any atom is 0.411 e. The van der Waals surface area contributed by atoms with E-state index >= 15 is 4.39 Å². The lowest BCUT2D eigenvalue weighted by Crippen LogP contribution is -2.69. The minimum atomic E-state index is -2.18. The van der Waals surface area contributed by atoms with Crippen molar-refractivity contribution in [1.29, 1.82) is 0 Å². The third kappa shape index (κ3) is 11.1. The van der Waals surface area contributed by atoms with Crippen molar-refractivity contribution in [3.8, 4) is 0 Å². The third-order valence-electron chi connectivity index (χ3n) is 15.2. The highest BCUT2D eigenvalue weighted by atomic mass is 19.1. The lowest BCUT2D eigenvalue weighted by atomic mass is 9.44. The molecule has 0 saturated heterocycles. The predicted octanol–water partition coefficient (Wildman–Crippen LogP) is 7.22. The average Bonchev–Trinajstić information content (AvgIpc) is 3.51. The van der Waals surface area contributed by atoms with E-state index in [9.17, 15) is 43.8 Å². The maximum atomic E-state index is 17.7. The molecule has 4 aliphatic rings. The number of allylic oxidation sites excluding steroid dienone is 4. The Bertz CT molecular complexity index is 2730. The number of carbonyl (C=O) groups excluding carboxylic acids is 7. The van der Waals surface area contributed by atoms with Gasteiger partial charge in [-0.25, -0.2) is 14.0 Å². The summed E-state index contributed by atoms with van der Waals surface area (Å²) in [5.41, 5.74) is -6.56. The van der Waals surface area contributed by atoms with Crippen molar-refractivity contribution in [3.63, 3.8) is 0 Å². The molecule has 392 valence electrons. The van der Waals surface area contributed by atoms with Gasteiger partial charge in [0.05, 0.1) is 12.0 Å². The highest BCUT2D eigenvalue weighted by molar-refractivity contribution is 6.01. The minimum Gasteiger partial charge on any atom is -0.459 e. The van der Waals surface area contributed by atoms with Crippen molar-refractivity contribution in [2.45, 2.75) is 129 Å². The number of hydrogen-bond donors (Lipinski definition) is 4. The van der Waals surface area contributed by atoms with E-state index in [2.05, 4.69) is 15.6 Å². The van der Waals surface area contributed by atoms with E-state index in [0.29, 0.717) is 35.2 Å². The molecule has 3 fully saturated rings. The monoisotopic (exact) mass is 1010 g/mol. The van der Waals surface area contributed by atoms with Crippen molar-refractivity contribution >= 4 is 58.1 Å². The summed E-state index contributed by atoms with van der Waals surface area (Å²) >= 11 is 0. The van der Waals surface area contributed by atoms with E-state index in [1.807, 2.05) is 18.2 Å². The molecule has 1 aromatic heterocycles. The van der Waals surface area contributed by atoms with Crippen LogP contribution in [0.3, 0.4) is 0 Å². The van der Waals surface area contributed by atoms with Gasteiger partial charge in [-0.05, 0) is 133 Å². The number of esters is 2. The molecule has 18 heteroatoms. The Kier molecular flexibility index (Phi) is 15.2. The Balaban J connectivity index is 0.982. The van der Waals surface area contributed by atoms with E-state index in [-0.39, 0.29) is 31.8 Å². The molecule has 3 saturated carbocycles. The van der Waals surface area contributed by atoms with Crippen molar-refractivity contribution in [2.24, 2.45) is 28.6 Å². The number of Topliss-reactive ketones (excluding diaryl/α,β-unsaturated/α-hetero) is 1. The second-order valence-corrected chi connectivity index (χ2v) is 22.4. The molecule has 1 heterocycles. The normalized spacial score (nSPS) is 27.8. The highest BCUT2D eigenvalue weighted by Gasteiger charge is 2.75. The van der Waals surface area contributed by atoms with E-state index < -0.39 is 119 Å². The molecule has 0 bridgehead atoms. The lowest BCUT2D eigenvalue weighted by molar-refractivity contribution is -0.220. The van der Waals surface area contributed by atoms with Gasteiger partial charge in [0.2, 0.25) is 11.7 Å². The van der Waals surface area contributed by atoms with Gasteiger partial charge in [0.1, 0.15) is 36.5 Å². The number of carbonyl (C=O) groups is 7. The van der Waals surface area contributed by atoms with Gasteiger partial charge in [0.15, 0.2) is 18.1 Å². The Morgan fingerprint density at radius 2 is 1.58 bits per heavy atom. The number of ketones is 2. The molecule has 0 spiro atoms.